The summed E-state index contributed by atoms with van der Waals surface area (Å²) in [7, 11) is 0. The number of halogens is 1. The lowest BCUT2D eigenvalue weighted by atomic mass is 9.86. The maximum Gasteiger partial charge on any atom is 0.251 e. The van der Waals surface area contributed by atoms with Crippen molar-refractivity contribution in [3.8, 4) is 0 Å². The molecule has 1 N–H and O–H groups in total. The van der Waals surface area contributed by atoms with Gasteiger partial charge in [0.15, 0.2) is 0 Å². The average molecular weight is 360 g/mol. The molecule has 1 saturated carbocycles. The van der Waals surface area contributed by atoms with E-state index in [0.29, 0.717) is 30.4 Å². The fraction of sp³-hybridized carbons (Fsp3) is 0.619. The molecule has 1 aromatic carbocycles. The molecule has 0 radical (unpaired) electrons. The van der Waals surface area contributed by atoms with Crippen LogP contribution in [0.25, 0.3) is 0 Å². The predicted octanol–water partition coefficient (Wildman–Crippen LogP) is 3.76. The first-order valence-electron chi connectivity index (χ1n) is 9.93. The molecular formula is C21H29FN2O2. The van der Waals surface area contributed by atoms with E-state index in [1.165, 1.54) is 56.4 Å². The highest BCUT2D eigenvalue weighted by Crippen LogP contribution is 2.27. The monoisotopic (exact) mass is 360 g/mol. The molecule has 1 atom stereocenters. The van der Waals surface area contributed by atoms with Crippen LogP contribution in [0.2, 0.25) is 0 Å². The highest BCUT2D eigenvalue weighted by Gasteiger charge is 2.26. The van der Waals surface area contributed by atoms with Crippen LogP contribution in [0.1, 0.15) is 61.7 Å². The van der Waals surface area contributed by atoms with Crippen molar-refractivity contribution in [2.45, 2.75) is 51.4 Å². The Hall–Kier alpha value is -1.91. The Labute approximate surface area is 155 Å². The van der Waals surface area contributed by atoms with Gasteiger partial charge in [0.1, 0.15) is 5.82 Å². The summed E-state index contributed by atoms with van der Waals surface area (Å²) in [6, 6.07) is 5.57. The van der Waals surface area contributed by atoms with Gasteiger partial charge in [-0.3, -0.25) is 9.59 Å². The molecule has 0 unspecified atom stereocenters. The van der Waals surface area contributed by atoms with Gasteiger partial charge >= 0.3 is 0 Å². The van der Waals surface area contributed by atoms with Crippen molar-refractivity contribution in [3.63, 3.8) is 0 Å². The van der Waals surface area contributed by atoms with Crippen LogP contribution in [-0.4, -0.2) is 36.3 Å². The van der Waals surface area contributed by atoms with Crippen LogP contribution in [-0.2, 0) is 4.79 Å². The smallest absolute Gasteiger partial charge is 0.251 e. The molecule has 0 bridgehead atoms. The Morgan fingerprint density at radius 2 is 1.69 bits per heavy atom. The number of amides is 2. The van der Waals surface area contributed by atoms with E-state index in [9.17, 15) is 14.0 Å². The van der Waals surface area contributed by atoms with Crippen LogP contribution in [0.5, 0.6) is 0 Å². The molecule has 2 amide bonds. The Morgan fingerprint density at radius 1 is 1.00 bits per heavy atom. The lowest BCUT2D eigenvalue weighted by Gasteiger charge is -2.34. The van der Waals surface area contributed by atoms with Crippen LogP contribution in [0, 0.1) is 17.7 Å². The molecule has 1 aliphatic heterocycles. The van der Waals surface area contributed by atoms with Gasteiger partial charge in [0.05, 0.1) is 0 Å². The van der Waals surface area contributed by atoms with Crippen LogP contribution in [0.4, 0.5) is 4.39 Å². The lowest BCUT2D eigenvalue weighted by molar-refractivity contribution is -0.134. The first-order valence-corrected chi connectivity index (χ1v) is 9.93. The quantitative estimate of drug-likeness (QED) is 0.869. The third-order valence-electron chi connectivity index (χ3n) is 5.72. The summed E-state index contributed by atoms with van der Waals surface area (Å²) in [5.41, 5.74) is 0.465. The maximum absolute atomic E-state index is 12.9. The van der Waals surface area contributed by atoms with Gasteiger partial charge in [-0.25, -0.2) is 4.39 Å². The van der Waals surface area contributed by atoms with Crippen LogP contribution in [0.15, 0.2) is 24.3 Å². The van der Waals surface area contributed by atoms with Gasteiger partial charge < -0.3 is 10.2 Å². The first kappa shape index (κ1) is 18.9. The van der Waals surface area contributed by atoms with Crippen molar-refractivity contribution in [1.82, 2.24) is 10.2 Å². The number of piperidine rings is 1. The van der Waals surface area contributed by atoms with Crippen LogP contribution in [0.3, 0.4) is 0 Å². The van der Waals surface area contributed by atoms with Crippen LogP contribution < -0.4 is 5.32 Å². The largest absolute Gasteiger partial charge is 0.352 e. The van der Waals surface area contributed by atoms with E-state index in [2.05, 4.69) is 5.32 Å². The van der Waals surface area contributed by atoms with E-state index in [1.54, 1.807) is 0 Å². The van der Waals surface area contributed by atoms with Crippen molar-refractivity contribution < 1.29 is 14.0 Å². The fourth-order valence-electron chi connectivity index (χ4n) is 4.17. The average Bonchev–Trinajstić information content (AvgIpc) is 2.67. The third-order valence-corrected chi connectivity index (χ3v) is 5.72. The molecule has 142 valence electrons. The van der Waals surface area contributed by atoms with Gasteiger partial charge in [0.25, 0.3) is 5.91 Å². The zero-order chi connectivity index (χ0) is 18.4. The topological polar surface area (TPSA) is 49.4 Å². The van der Waals surface area contributed by atoms with Gasteiger partial charge in [-0.1, -0.05) is 19.3 Å². The molecule has 1 aromatic rings. The number of hydrogen-bond donors (Lipinski definition) is 1. The zero-order valence-electron chi connectivity index (χ0n) is 15.4. The van der Waals surface area contributed by atoms with Gasteiger partial charge in [-0.2, -0.15) is 0 Å². The third kappa shape index (κ3) is 5.29. The molecule has 1 aliphatic carbocycles. The second kappa shape index (κ2) is 9.15. The minimum atomic E-state index is -0.346. The zero-order valence-corrected chi connectivity index (χ0v) is 15.4. The lowest BCUT2D eigenvalue weighted by Crippen LogP contribution is -2.44. The van der Waals surface area contributed by atoms with Crippen LogP contribution >= 0.6 is 0 Å². The van der Waals surface area contributed by atoms with E-state index in [-0.39, 0.29) is 17.6 Å². The molecule has 0 aromatic heterocycles. The van der Waals surface area contributed by atoms with E-state index in [1.807, 2.05) is 4.90 Å². The van der Waals surface area contributed by atoms with E-state index < -0.39 is 0 Å². The number of nitrogens with zero attached hydrogens (tertiary/aromatic N) is 1. The highest BCUT2D eigenvalue weighted by molar-refractivity contribution is 5.94. The predicted molar refractivity (Wildman–Crippen MR) is 99.2 cm³/mol. The molecule has 1 saturated heterocycles. The standard InChI is InChI=1S/C21H29FN2O2/c22-19-10-8-18(9-11-19)21(26)23-14-17-7-4-12-24(15-17)20(25)13-16-5-2-1-3-6-16/h8-11,16-17H,1-7,12-15H2,(H,23,26)/t17-/m0/s1. The number of carbonyl (C=O) groups is 2. The van der Waals surface area contributed by atoms with E-state index in [0.717, 1.165) is 25.9 Å². The molecule has 0 spiro atoms. The van der Waals surface area contributed by atoms with Crippen molar-refractivity contribution in [2.24, 2.45) is 11.8 Å². The van der Waals surface area contributed by atoms with E-state index >= 15 is 0 Å². The van der Waals surface area contributed by atoms with Gasteiger partial charge in [0.2, 0.25) is 5.91 Å². The SMILES string of the molecule is O=C(NC[C@@H]1CCCN(C(=O)CC2CCCCC2)C1)c1ccc(F)cc1. The molecule has 4 nitrogen and oxygen atoms in total. The maximum atomic E-state index is 12.9. The first-order chi connectivity index (χ1) is 12.6. The van der Waals surface area contributed by atoms with Crippen molar-refractivity contribution in [3.05, 3.63) is 35.6 Å². The molecule has 3 rings (SSSR count). The summed E-state index contributed by atoms with van der Waals surface area (Å²) in [4.78, 5) is 26.8. The van der Waals surface area contributed by atoms with Gasteiger partial charge in [-0.05, 0) is 61.8 Å². The van der Waals surface area contributed by atoms with E-state index in [4.69, 9.17) is 0 Å². The summed E-state index contributed by atoms with van der Waals surface area (Å²) in [6.07, 6.45) is 8.92. The minimum absolute atomic E-state index is 0.185. The molecule has 1 heterocycles. The Bertz CT molecular complexity index is 611. The molecular weight excluding hydrogens is 331 g/mol. The van der Waals surface area contributed by atoms with Gasteiger partial charge in [-0.15, -0.1) is 0 Å². The summed E-state index contributed by atoms with van der Waals surface area (Å²) in [5, 5.41) is 2.93. The molecule has 5 heteroatoms. The Balaban J connectivity index is 1.44. The molecule has 2 aliphatic rings. The van der Waals surface area contributed by atoms with Crippen molar-refractivity contribution >= 4 is 11.8 Å². The number of carbonyl (C=O) groups excluding carboxylic acids is 2. The molecule has 26 heavy (non-hydrogen) atoms. The normalized spacial score (nSPS) is 21.4. The second-order valence-corrected chi connectivity index (χ2v) is 7.77. The summed E-state index contributed by atoms with van der Waals surface area (Å²) in [5.74, 6) is 0.612. The highest BCUT2D eigenvalue weighted by atomic mass is 19.1. The minimum Gasteiger partial charge on any atom is -0.352 e. The number of benzene rings is 1. The summed E-state index contributed by atoms with van der Waals surface area (Å²) in [6.45, 7) is 2.13. The number of nitrogens with one attached hydrogen (secondary N) is 1. The summed E-state index contributed by atoms with van der Waals surface area (Å²) < 4.78 is 12.9. The Kier molecular flexibility index (Phi) is 6.64. The number of rotatable bonds is 5. The fourth-order valence-corrected chi connectivity index (χ4v) is 4.17. The molecule has 2 fully saturated rings. The van der Waals surface area contributed by atoms with Gasteiger partial charge in [0, 0.05) is 31.6 Å². The van der Waals surface area contributed by atoms with Crippen molar-refractivity contribution in [1.29, 1.82) is 0 Å². The second-order valence-electron chi connectivity index (χ2n) is 7.77. The summed E-state index contributed by atoms with van der Waals surface area (Å²) >= 11 is 0. The van der Waals surface area contributed by atoms with Crippen molar-refractivity contribution in [2.75, 3.05) is 19.6 Å². The Morgan fingerprint density at radius 3 is 2.42 bits per heavy atom. The number of likely N-dealkylation sites (tertiary alicyclic amines) is 1. The number of hydrogen-bond acceptors (Lipinski definition) is 2.